The van der Waals surface area contributed by atoms with Crippen molar-refractivity contribution in [2.24, 2.45) is 0 Å². The average molecular weight is 639 g/mol. The summed E-state index contributed by atoms with van der Waals surface area (Å²) in [7, 11) is 0. The molecular weight excluding hydrogens is 613 g/mol. The number of aromatic nitrogens is 2. The first-order valence-electron chi connectivity index (χ1n) is 13.4. The third-order valence-electron chi connectivity index (χ3n) is 7.38. The van der Waals surface area contributed by atoms with Crippen molar-refractivity contribution in [1.82, 2.24) is 14.0 Å². The van der Waals surface area contributed by atoms with Crippen LogP contribution >= 0.6 is 27.5 Å². The smallest absolute Gasteiger partial charge is 0.333 e. The van der Waals surface area contributed by atoms with Crippen LogP contribution in [0, 0.1) is 5.82 Å². The normalized spacial score (nSPS) is 14.6. The van der Waals surface area contributed by atoms with Crippen LogP contribution in [0.4, 0.5) is 4.39 Å². The molecule has 2 aliphatic rings. The molecule has 0 atom stereocenters. The van der Waals surface area contributed by atoms with Gasteiger partial charge in [-0.15, -0.1) is 0 Å². The molecular formula is C31H26BrClFN3O4. The maximum atomic E-state index is 14.7. The summed E-state index contributed by atoms with van der Waals surface area (Å²) in [5.41, 5.74) is 1.67. The first-order valence-corrected chi connectivity index (χ1v) is 14.6. The van der Waals surface area contributed by atoms with Crippen LogP contribution in [0.15, 0.2) is 76.0 Å². The number of Topliss-reactive ketones (excluding diaryl/α,β-unsaturated/α-hetero) is 1. The number of imidazole rings is 1. The molecule has 0 unspecified atom stereocenters. The Labute approximate surface area is 249 Å². The number of carbonyl (C=O) groups is 2. The van der Waals surface area contributed by atoms with Crippen LogP contribution in [0.25, 0.3) is 5.69 Å². The minimum absolute atomic E-state index is 0.0243. The Morgan fingerprint density at radius 1 is 1.02 bits per heavy atom. The zero-order chi connectivity index (χ0) is 28.7. The molecule has 7 nitrogen and oxygen atoms in total. The van der Waals surface area contributed by atoms with E-state index in [-0.39, 0.29) is 59.9 Å². The SMILES string of the molecule is O=C(CCc1ccccc1)c1c2n(c(=O)n1-c1ccc(OC3CC3)cc1)CCN(C(=O)c1cc(Cl)c(Br)cc1F)C2. The highest BCUT2D eigenvalue weighted by Gasteiger charge is 2.33. The number of rotatable bonds is 8. The lowest BCUT2D eigenvalue weighted by Gasteiger charge is -2.28. The van der Waals surface area contributed by atoms with Crippen LogP contribution < -0.4 is 10.4 Å². The number of ether oxygens (including phenoxy) is 1. The highest BCUT2D eigenvalue weighted by atomic mass is 79.9. The lowest BCUT2D eigenvalue weighted by Crippen LogP contribution is -2.41. The number of fused-ring (bicyclic) bond motifs is 1. The van der Waals surface area contributed by atoms with Gasteiger partial charge < -0.3 is 9.64 Å². The number of hydrogen-bond acceptors (Lipinski definition) is 4. The summed E-state index contributed by atoms with van der Waals surface area (Å²) >= 11 is 9.32. The van der Waals surface area contributed by atoms with E-state index < -0.39 is 11.7 Å². The van der Waals surface area contributed by atoms with E-state index in [4.69, 9.17) is 16.3 Å². The van der Waals surface area contributed by atoms with Gasteiger partial charge in [0.05, 0.1) is 34.6 Å². The number of hydrogen-bond donors (Lipinski definition) is 0. The second-order valence-electron chi connectivity index (χ2n) is 10.3. The van der Waals surface area contributed by atoms with E-state index in [1.54, 1.807) is 28.8 Å². The maximum absolute atomic E-state index is 14.7. The molecule has 1 aliphatic carbocycles. The maximum Gasteiger partial charge on any atom is 0.333 e. The Bertz CT molecular complexity index is 1700. The minimum atomic E-state index is -0.709. The van der Waals surface area contributed by atoms with E-state index in [1.165, 1.54) is 15.5 Å². The second kappa shape index (κ2) is 11.3. The Kier molecular flexibility index (Phi) is 7.57. The Balaban J connectivity index is 1.37. The summed E-state index contributed by atoms with van der Waals surface area (Å²) in [6.07, 6.45) is 2.96. The van der Waals surface area contributed by atoms with E-state index in [1.807, 2.05) is 30.3 Å². The van der Waals surface area contributed by atoms with Crippen molar-refractivity contribution in [2.45, 2.75) is 44.9 Å². The number of nitrogens with zero attached hydrogens (tertiary/aromatic N) is 3. The fourth-order valence-electron chi connectivity index (χ4n) is 5.09. The monoisotopic (exact) mass is 637 g/mol. The van der Waals surface area contributed by atoms with Gasteiger partial charge in [-0.05, 0) is 77.2 Å². The van der Waals surface area contributed by atoms with Gasteiger partial charge in [-0.3, -0.25) is 18.7 Å². The molecule has 1 saturated carbocycles. The lowest BCUT2D eigenvalue weighted by atomic mass is 10.0. The summed E-state index contributed by atoms with van der Waals surface area (Å²) in [6.45, 7) is 0.318. The van der Waals surface area contributed by atoms with Crippen molar-refractivity contribution in [2.75, 3.05) is 6.54 Å². The number of aryl methyl sites for hydroxylation is 1. The number of benzene rings is 3. The van der Waals surface area contributed by atoms with Crippen molar-refractivity contribution in [1.29, 1.82) is 0 Å². The third kappa shape index (κ3) is 5.61. The molecule has 0 N–H and O–H groups in total. The van der Waals surface area contributed by atoms with Crippen molar-refractivity contribution in [3.63, 3.8) is 0 Å². The molecule has 3 aromatic carbocycles. The molecule has 6 rings (SSSR count). The van der Waals surface area contributed by atoms with Crippen molar-refractivity contribution >= 4 is 39.2 Å². The average Bonchev–Trinajstić information content (AvgIpc) is 3.75. The summed E-state index contributed by atoms with van der Waals surface area (Å²) in [4.78, 5) is 42.4. The molecule has 2 heterocycles. The topological polar surface area (TPSA) is 73.5 Å². The fraction of sp³-hybridized carbons (Fsp3) is 0.258. The van der Waals surface area contributed by atoms with Crippen LogP contribution in [0.5, 0.6) is 5.75 Å². The van der Waals surface area contributed by atoms with Gasteiger partial charge in [-0.1, -0.05) is 41.9 Å². The Morgan fingerprint density at radius 2 is 1.76 bits per heavy atom. The molecule has 4 aromatic rings. The fourth-order valence-corrected chi connectivity index (χ4v) is 5.57. The largest absolute Gasteiger partial charge is 0.490 e. The second-order valence-corrected chi connectivity index (χ2v) is 11.5. The number of ketones is 1. The van der Waals surface area contributed by atoms with Gasteiger partial charge >= 0.3 is 5.69 Å². The molecule has 210 valence electrons. The standard InChI is InChI=1S/C31H26BrClFN3O4/c32-24-17-26(34)23(16-25(24)33)30(39)35-14-15-36-27(18-35)29(28(38)13-6-19-4-2-1-3-5-19)37(31(36)40)20-7-9-21(10-8-20)41-22-11-12-22/h1-5,7-10,16-17,22H,6,11-15,18H2. The van der Waals surface area contributed by atoms with Crippen LogP contribution in [0.3, 0.4) is 0 Å². The predicted octanol–water partition coefficient (Wildman–Crippen LogP) is 6.21. The van der Waals surface area contributed by atoms with E-state index in [0.29, 0.717) is 28.0 Å². The summed E-state index contributed by atoms with van der Waals surface area (Å²) in [5, 5.41) is 0.209. The van der Waals surface area contributed by atoms with Crippen LogP contribution in [-0.4, -0.2) is 38.4 Å². The summed E-state index contributed by atoms with van der Waals surface area (Å²) in [6, 6.07) is 19.2. The third-order valence-corrected chi connectivity index (χ3v) is 8.57. The molecule has 10 heteroatoms. The molecule has 0 spiro atoms. The van der Waals surface area contributed by atoms with Crippen LogP contribution in [-0.2, 0) is 19.5 Å². The molecule has 1 aliphatic heterocycles. The molecule has 1 aromatic heterocycles. The molecule has 0 radical (unpaired) electrons. The molecule has 1 amide bonds. The van der Waals surface area contributed by atoms with Crippen LogP contribution in [0.2, 0.25) is 5.02 Å². The zero-order valence-corrected chi connectivity index (χ0v) is 24.3. The molecule has 0 saturated heterocycles. The molecule has 0 bridgehead atoms. The first-order chi connectivity index (χ1) is 19.8. The predicted molar refractivity (Wildman–Crippen MR) is 157 cm³/mol. The van der Waals surface area contributed by atoms with Gasteiger partial charge in [0.1, 0.15) is 17.3 Å². The molecule has 1 fully saturated rings. The minimum Gasteiger partial charge on any atom is -0.490 e. The number of amides is 1. The summed E-state index contributed by atoms with van der Waals surface area (Å²) in [5.74, 6) is -0.783. The lowest BCUT2D eigenvalue weighted by molar-refractivity contribution is 0.0702. The Morgan fingerprint density at radius 3 is 2.46 bits per heavy atom. The van der Waals surface area contributed by atoms with Gasteiger partial charge in [0.2, 0.25) is 0 Å². The van der Waals surface area contributed by atoms with E-state index in [2.05, 4.69) is 15.9 Å². The van der Waals surface area contributed by atoms with Gasteiger partial charge in [0.15, 0.2) is 5.78 Å². The number of halogens is 3. The van der Waals surface area contributed by atoms with Crippen LogP contribution in [0.1, 0.15) is 51.4 Å². The van der Waals surface area contributed by atoms with E-state index in [9.17, 15) is 18.8 Å². The zero-order valence-electron chi connectivity index (χ0n) is 22.0. The Hall–Kier alpha value is -3.69. The molecule has 41 heavy (non-hydrogen) atoms. The number of carbonyl (C=O) groups excluding carboxylic acids is 2. The van der Waals surface area contributed by atoms with Gasteiger partial charge in [-0.25, -0.2) is 9.18 Å². The van der Waals surface area contributed by atoms with Gasteiger partial charge in [0, 0.05) is 24.0 Å². The van der Waals surface area contributed by atoms with E-state index >= 15 is 0 Å². The quantitative estimate of drug-likeness (QED) is 0.170. The first kappa shape index (κ1) is 27.5. The van der Waals surface area contributed by atoms with Gasteiger partial charge in [0.25, 0.3) is 5.91 Å². The van der Waals surface area contributed by atoms with Crippen molar-refractivity contribution in [3.05, 3.63) is 115 Å². The van der Waals surface area contributed by atoms with E-state index in [0.717, 1.165) is 24.5 Å². The summed E-state index contributed by atoms with van der Waals surface area (Å²) < 4.78 is 23.9. The van der Waals surface area contributed by atoms with Crippen molar-refractivity contribution in [3.8, 4) is 11.4 Å². The highest BCUT2D eigenvalue weighted by molar-refractivity contribution is 9.10. The van der Waals surface area contributed by atoms with Crippen molar-refractivity contribution < 1.29 is 18.7 Å². The van der Waals surface area contributed by atoms with Gasteiger partial charge in [-0.2, -0.15) is 0 Å². The highest BCUT2D eigenvalue weighted by Crippen LogP contribution is 2.30.